The fraction of sp³-hybridized carbons (Fsp3) is 0.361. The van der Waals surface area contributed by atoms with Crippen LogP contribution in [0, 0.1) is 18.8 Å². The molecular formula is C36H35NO8. The number of nitrogens with zero attached hydrogens (tertiary/aromatic N) is 1. The predicted molar refractivity (Wildman–Crippen MR) is 164 cm³/mol. The standard InChI is InChI=1S/C36H35NO8/c1-6-43-32(40)30(39)27-28(21-17-15-20(2)16-18-21)36(19-23-29(38)22-11-7-10-14-26(22)44-31(23)27)24-12-8-9-13-25(24)37(33(36)41)34(42)45-35(3,4)5/h7-18,23,27-28,31H,6,19H2,1-5H3/t23-,27+,28-,31-,36-/m0/s1. The lowest BCUT2D eigenvalue weighted by Gasteiger charge is -2.52. The first-order valence-electron chi connectivity index (χ1n) is 15.1. The Bertz CT molecular complexity index is 1720. The van der Waals surface area contributed by atoms with E-state index in [1.165, 1.54) is 0 Å². The molecule has 0 aromatic heterocycles. The summed E-state index contributed by atoms with van der Waals surface area (Å²) in [6, 6.07) is 21.0. The number of ketones is 2. The minimum atomic E-state index is -1.61. The molecule has 6 rings (SSSR count). The molecule has 5 atom stereocenters. The minimum Gasteiger partial charge on any atom is -0.488 e. The highest BCUT2D eigenvalue weighted by molar-refractivity contribution is 6.35. The molecule has 1 saturated carbocycles. The quantitative estimate of drug-likeness (QED) is 0.273. The number of rotatable bonds is 4. The fourth-order valence-corrected chi connectivity index (χ4v) is 7.21. The summed E-state index contributed by atoms with van der Waals surface area (Å²) in [5, 5.41) is 0. The monoisotopic (exact) mass is 609 g/mol. The van der Waals surface area contributed by atoms with Crippen molar-refractivity contribution in [3.8, 4) is 5.75 Å². The number of imide groups is 1. The lowest BCUT2D eigenvalue weighted by Crippen LogP contribution is -2.62. The van der Waals surface area contributed by atoms with Crippen LogP contribution in [0.5, 0.6) is 5.75 Å². The number of hydrogen-bond acceptors (Lipinski definition) is 8. The third kappa shape index (κ3) is 4.81. The van der Waals surface area contributed by atoms with E-state index < -0.39 is 58.6 Å². The Labute approximate surface area is 261 Å². The summed E-state index contributed by atoms with van der Waals surface area (Å²) < 4.78 is 17.3. The second-order valence-corrected chi connectivity index (χ2v) is 12.9. The van der Waals surface area contributed by atoms with Gasteiger partial charge in [-0.15, -0.1) is 0 Å². The largest absolute Gasteiger partial charge is 0.488 e. The van der Waals surface area contributed by atoms with Crippen LogP contribution in [0.2, 0.25) is 0 Å². The van der Waals surface area contributed by atoms with Crippen molar-refractivity contribution < 1.29 is 38.2 Å². The third-order valence-electron chi connectivity index (χ3n) is 8.94. The summed E-state index contributed by atoms with van der Waals surface area (Å²) in [4.78, 5) is 71.6. The molecule has 9 nitrogen and oxygen atoms in total. The summed E-state index contributed by atoms with van der Waals surface area (Å²) in [6.45, 7) is 8.59. The number of Topliss-reactive ketones (excluding diaryl/α,β-unsaturated/α-hetero) is 2. The maximum Gasteiger partial charge on any atom is 0.421 e. The van der Waals surface area contributed by atoms with Gasteiger partial charge in [0.2, 0.25) is 11.7 Å². The number of carbonyl (C=O) groups is 5. The Morgan fingerprint density at radius 2 is 1.62 bits per heavy atom. The minimum absolute atomic E-state index is 0.0392. The third-order valence-corrected chi connectivity index (χ3v) is 8.94. The molecule has 0 radical (unpaired) electrons. The molecule has 2 heterocycles. The highest BCUT2D eigenvalue weighted by Gasteiger charge is 2.68. The van der Waals surface area contributed by atoms with E-state index in [0.717, 1.165) is 10.5 Å². The van der Waals surface area contributed by atoms with Crippen LogP contribution >= 0.6 is 0 Å². The van der Waals surface area contributed by atoms with E-state index in [4.69, 9.17) is 14.2 Å². The zero-order chi connectivity index (χ0) is 32.3. The van der Waals surface area contributed by atoms with Gasteiger partial charge in [0.25, 0.3) is 0 Å². The van der Waals surface area contributed by atoms with Crippen molar-refractivity contribution in [1.29, 1.82) is 0 Å². The van der Waals surface area contributed by atoms with Crippen molar-refractivity contribution in [3.63, 3.8) is 0 Å². The SMILES string of the molecule is CCOC(=O)C(=O)[C@@H]1[C@H]2Oc3ccccc3C(=O)[C@@H]2C[C@@]2(C(=O)N(C(=O)OC(C)(C)C)c3ccccc32)[C@H]1c1ccc(C)cc1. The van der Waals surface area contributed by atoms with Crippen molar-refractivity contribution >= 4 is 35.2 Å². The number of fused-ring (bicyclic) bond motifs is 4. The molecule has 9 heteroatoms. The highest BCUT2D eigenvalue weighted by Crippen LogP contribution is 2.61. The second-order valence-electron chi connectivity index (χ2n) is 12.9. The number of carbonyl (C=O) groups excluding carboxylic acids is 5. The maximum atomic E-state index is 15.1. The molecule has 0 bridgehead atoms. The van der Waals surface area contributed by atoms with Gasteiger partial charge in [0.1, 0.15) is 17.5 Å². The van der Waals surface area contributed by atoms with Crippen molar-refractivity contribution in [2.75, 3.05) is 11.5 Å². The van der Waals surface area contributed by atoms with Gasteiger partial charge in [-0.2, -0.15) is 0 Å². The average Bonchev–Trinajstić information content (AvgIpc) is 3.24. The molecule has 1 fully saturated rings. The van der Waals surface area contributed by atoms with Crippen LogP contribution in [0.25, 0.3) is 0 Å². The Balaban J connectivity index is 1.64. The first-order valence-corrected chi connectivity index (χ1v) is 15.1. The number of benzene rings is 3. The molecule has 3 aromatic rings. The summed E-state index contributed by atoms with van der Waals surface area (Å²) in [5.74, 6) is -5.90. The van der Waals surface area contributed by atoms with Gasteiger partial charge in [-0.25, -0.2) is 14.5 Å². The summed E-state index contributed by atoms with van der Waals surface area (Å²) in [7, 11) is 0. The number of hydrogen-bond donors (Lipinski definition) is 0. The van der Waals surface area contributed by atoms with Gasteiger partial charge in [-0.1, -0.05) is 60.2 Å². The Morgan fingerprint density at radius 1 is 0.956 bits per heavy atom. The molecule has 2 amide bonds. The van der Waals surface area contributed by atoms with Crippen LogP contribution in [-0.2, 0) is 29.3 Å². The Kier molecular flexibility index (Phi) is 7.38. The molecule has 232 valence electrons. The summed E-state index contributed by atoms with van der Waals surface area (Å²) in [5.41, 5.74) is 0.120. The molecule has 0 saturated heterocycles. The van der Waals surface area contributed by atoms with E-state index >= 15 is 4.79 Å². The Hall–Kier alpha value is -4.79. The lowest BCUT2D eigenvalue weighted by atomic mass is 9.51. The van der Waals surface area contributed by atoms with Crippen LogP contribution < -0.4 is 9.64 Å². The number of amides is 2. The molecule has 45 heavy (non-hydrogen) atoms. The molecule has 1 spiro atoms. The fourth-order valence-electron chi connectivity index (χ4n) is 7.21. The van der Waals surface area contributed by atoms with Crippen LogP contribution in [-0.4, -0.2) is 47.8 Å². The van der Waals surface area contributed by atoms with E-state index in [2.05, 4.69) is 0 Å². The van der Waals surface area contributed by atoms with Gasteiger partial charge in [0, 0.05) is 5.92 Å². The molecule has 2 aliphatic heterocycles. The summed E-state index contributed by atoms with van der Waals surface area (Å²) in [6.07, 6.45) is -2.01. The zero-order valence-electron chi connectivity index (χ0n) is 25.9. The van der Waals surface area contributed by atoms with Gasteiger partial charge < -0.3 is 14.2 Å². The molecular weight excluding hydrogens is 574 g/mol. The smallest absolute Gasteiger partial charge is 0.421 e. The lowest BCUT2D eigenvalue weighted by molar-refractivity contribution is -0.160. The van der Waals surface area contributed by atoms with Crippen LogP contribution in [0.4, 0.5) is 10.5 Å². The van der Waals surface area contributed by atoms with Crippen molar-refractivity contribution in [1.82, 2.24) is 0 Å². The van der Waals surface area contributed by atoms with E-state index in [0.29, 0.717) is 28.1 Å². The highest BCUT2D eigenvalue weighted by atomic mass is 16.6. The zero-order valence-corrected chi connectivity index (χ0v) is 25.9. The van der Waals surface area contributed by atoms with Gasteiger partial charge in [-0.3, -0.25) is 14.4 Å². The number of para-hydroxylation sites is 2. The average molecular weight is 610 g/mol. The van der Waals surface area contributed by atoms with Gasteiger partial charge >= 0.3 is 12.1 Å². The molecule has 3 aliphatic rings. The predicted octanol–water partition coefficient (Wildman–Crippen LogP) is 5.71. The molecule has 0 N–H and O–H groups in total. The van der Waals surface area contributed by atoms with Gasteiger partial charge in [0.15, 0.2) is 5.78 Å². The van der Waals surface area contributed by atoms with Crippen LogP contribution in [0.3, 0.4) is 0 Å². The van der Waals surface area contributed by atoms with Gasteiger partial charge in [-0.05, 0) is 70.4 Å². The van der Waals surface area contributed by atoms with E-state index in [1.807, 2.05) is 31.2 Å². The van der Waals surface area contributed by atoms with Crippen LogP contribution in [0.15, 0.2) is 72.8 Å². The molecule has 3 aromatic carbocycles. The van der Waals surface area contributed by atoms with Crippen molar-refractivity contribution in [3.05, 3.63) is 95.1 Å². The van der Waals surface area contributed by atoms with E-state index in [-0.39, 0.29) is 18.8 Å². The topological polar surface area (TPSA) is 116 Å². The van der Waals surface area contributed by atoms with E-state index in [1.54, 1.807) is 76.2 Å². The molecule has 0 unspecified atom stereocenters. The van der Waals surface area contributed by atoms with Crippen LogP contribution in [0.1, 0.15) is 67.1 Å². The van der Waals surface area contributed by atoms with Crippen molar-refractivity contribution in [2.24, 2.45) is 11.8 Å². The Morgan fingerprint density at radius 3 is 2.31 bits per heavy atom. The van der Waals surface area contributed by atoms with Gasteiger partial charge in [0.05, 0.1) is 35.1 Å². The number of aryl methyl sites for hydroxylation is 1. The number of anilines is 1. The number of esters is 1. The second kappa shape index (κ2) is 11.0. The normalized spacial score (nSPS) is 25.1. The number of ether oxygens (including phenoxy) is 3. The van der Waals surface area contributed by atoms with E-state index in [9.17, 15) is 19.2 Å². The first-order chi connectivity index (χ1) is 21.4. The first kappa shape index (κ1) is 30.2. The molecule has 1 aliphatic carbocycles. The summed E-state index contributed by atoms with van der Waals surface area (Å²) >= 11 is 0. The van der Waals surface area contributed by atoms with Crippen molar-refractivity contribution in [2.45, 2.75) is 64.1 Å². The maximum absolute atomic E-state index is 15.1.